The summed E-state index contributed by atoms with van der Waals surface area (Å²) < 4.78 is 4.66. The molecule has 0 radical (unpaired) electrons. The predicted octanol–water partition coefficient (Wildman–Crippen LogP) is 2.39. The molecular weight excluding hydrogens is 440 g/mol. The summed E-state index contributed by atoms with van der Waals surface area (Å²) in [6.07, 6.45) is 11.3. The molecule has 4 rings (SSSR count). The number of hydrogen-bond acceptors (Lipinski definition) is 6. The summed E-state index contributed by atoms with van der Waals surface area (Å²) in [5.74, 6) is -1.95. The molecule has 0 aliphatic carbocycles. The molecule has 1 unspecified atom stereocenters. The lowest BCUT2D eigenvalue weighted by molar-refractivity contribution is -0.154. The number of amides is 2. The van der Waals surface area contributed by atoms with Crippen LogP contribution in [-0.4, -0.2) is 81.1 Å². The van der Waals surface area contributed by atoms with E-state index in [0.29, 0.717) is 26.1 Å². The van der Waals surface area contributed by atoms with Gasteiger partial charge in [0.15, 0.2) is 0 Å². The Hall–Kier alpha value is -1.80. The number of hydrogen-bond donors (Lipinski definition) is 1. The van der Waals surface area contributed by atoms with Crippen LogP contribution in [0.1, 0.15) is 46.5 Å². The van der Waals surface area contributed by atoms with E-state index < -0.39 is 28.7 Å². The predicted molar refractivity (Wildman–Crippen MR) is 127 cm³/mol. The maximum atomic E-state index is 14.1. The zero-order chi connectivity index (χ0) is 23.8. The molecule has 4 aliphatic rings. The van der Waals surface area contributed by atoms with Crippen molar-refractivity contribution in [2.75, 3.05) is 26.3 Å². The van der Waals surface area contributed by atoms with Gasteiger partial charge in [-0.2, -0.15) is 0 Å². The number of ether oxygens (including phenoxy) is 1. The largest absolute Gasteiger partial charge is 0.465 e. The minimum Gasteiger partial charge on any atom is -0.465 e. The molecule has 1 spiro atoms. The van der Waals surface area contributed by atoms with Crippen molar-refractivity contribution in [2.45, 2.75) is 68.5 Å². The number of cyclic esters (lactones) is 1. The molecule has 1 N–H and O–H groups in total. The Morgan fingerprint density at radius 3 is 2.73 bits per heavy atom. The molecule has 7 nitrogen and oxygen atoms in total. The maximum Gasteiger partial charge on any atom is 0.311 e. The van der Waals surface area contributed by atoms with Gasteiger partial charge >= 0.3 is 5.97 Å². The van der Waals surface area contributed by atoms with Gasteiger partial charge in [0.05, 0.1) is 35.8 Å². The average Bonchev–Trinajstić information content (AvgIpc) is 3.18. The molecule has 0 aromatic heterocycles. The molecule has 4 aliphatic heterocycles. The molecule has 2 amide bonds. The molecule has 182 valence electrons. The van der Waals surface area contributed by atoms with Crippen molar-refractivity contribution in [1.82, 2.24) is 9.80 Å². The van der Waals surface area contributed by atoms with Crippen LogP contribution in [0.4, 0.5) is 0 Å². The lowest BCUT2D eigenvalue weighted by Crippen LogP contribution is -2.57. The second kappa shape index (κ2) is 9.82. The number of carbonyl (C=O) groups is 3. The SMILES string of the molecule is CCCCN1CC=C[C@]23S[C@H]4C=CCCOC(=O)[C@H]4[C@H]2C(=O)N([C@@H](CO)[C@@H](C)CC)C3C1=O. The highest BCUT2D eigenvalue weighted by Crippen LogP contribution is 2.61. The van der Waals surface area contributed by atoms with E-state index in [4.69, 9.17) is 4.74 Å². The summed E-state index contributed by atoms with van der Waals surface area (Å²) in [5, 5.41) is 10.1. The van der Waals surface area contributed by atoms with Crippen LogP contribution in [0.3, 0.4) is 0 Å². The molecular formula is C25H36N2O5S. The first-order valence-corrected chi connectivity index (χ1v) is 13.2. The van der Waals surface area contributed by atoms with Crippen LogP contribution in [-0.2, 0) is 19.1 Å². The lowest BCUT2D eigenvalue weighted by Gasteiger charge is -2.40. The van der Waals surface area contributed by atoms with Crippen LogP contribution < -0.4 is 0 Å². The minimum atomic E-state index is -0.848. The van der Waals surface area contributed by atoms with Gasteiger partial charge in [0, 0.05) is 18.3 Å². The Labute approximate surface area is 200 Å². The summed E-state index contributed by atoms with van der Waals surface area (Å²) in [4.78, 5) is 44.7. The number of nitrogens with zero attached hydrogens (tertiary/aromatic N) is 2. The van der Waals surface area contributed by atoms with Gasteiger partial charge in [0.25, 0.3) is 0 Å². The zero-order valence-corrected chi connectivity index (χ0v) is 20.6. The van der Waals surface area contributed by atoms with Crippen LogP contribution in [0.5, 0.6) is 0 Å². The van der Waals surface area contributed by atoms with Gasteiger partial charge in [-0.05, 0) is 18.8 Å². The quantitative estimate of drug-likeness (QED) is 0.449. The summed E-state index contributed by atoms with van der Waals surface area (Å²) in [6, 6.07) is -1.21. The van der Waals surface area contributed by atoms with E-state index in [1.165, 1.54) is 0 Å². The molecule has 2 saturated heterocycles. The highest BCUT2D eigenvalue weighted by molar-refractivity contribution is 8.02. The molecule has 7 atom stereocenters. The molecule has 4 heterocycles. The lowest BCUT2D eigenvalue weighted by atomic mass is 9.78. The first-order valence-electron chi connectivity index (χ1n) is 12.3. The molecule has 33 heavy (non-hydrogen) atoms. The van der Waals surface area contributed by atoms with Crippen LogP contribution >= 0.6 is 11.8 Å². The van der Waals surface area contributed by atoms with Crippen LogP contribution in [0, 0.1) is 17.8 Å². The summed E-state index contributed by atoms with van der Waals surface area (Å²) in [6.45, 7) is 7.33. The number of rotatable bonds is 7. The van der Waals surface area contributed by atoms with Gasteiger partial charge in [-0.1, -0.05) is 57.9 Å². The van der Waals surface area contributed by atoms with Crippen molar-refractivity contribution < 1.29 is 24.2 Å². The number of unbranched alkanes of at least 4 members (excludes halogenated alkanes) is 1. The van der Waals surface area contributed by atoms with Crippen molar-refractivity contribution in [3.63, 3.8) is 0 Å². The Morgan fingerprint density at radius 2 is 2.03 bits per heavy atom. The standard InChI is InChI=1S/C25H36N2O5S/c1-4-6-12-26-13-9-11-25-20(19-18(33-25)10-7-8-14-32-24(19)31)22(29)27(21(25)23(26)30)17(15-28)16(3)5-2/h7,9-11,16-21,28H,4-6,8,12-15H2,1-3H3/t16-,17-,18-,19+,20-,21?,25-/m0/s1. The van der Waals surface area contributed by atoms with Crippen LogP contribution in [0.25, 0.3) is 0 Å². The fourth-order valence-electron chi connectivity index (χ4n) is 5.81. The van der Waals surface area contributed by atoms with Crippen molar-refractivity contribution in [3.05, 3.63) is 24.3 Å². The Morgan fingerprint density at radius 1 is 1.24 bits per heavy atom. The van der Waals surface area contributed by atoms with Gasteiger partial charge < -0.3 is 19.6 Å². The van der Waals surface area contributed by atoms with E-state index in [-0.39, 0.29) is 35.6 Å². The van der Waals surface area contributed by atoms with Crippen LogP contribution in [0.15, 0.2) is 24.3 Å². The summed E-state index contributed by atoms with van der Waals surface area (Å²) >= 11 is 1.55. The number of aliphatic hydroxyl groups excluding tert-OH is 1. The fourth-order valence-corrected chi connectivity index (χ4v) is 7.80. The smallest absolute Gasteiger partial charge is 0.311 e. The minimum absolute atomic E-state index is 0.0175. The first-order chi connectivity index (χ1) is 15.9. The zero-order valence-electron chi connectivity index (χ0n) is 19.8. The van der Waals surface area contributed by atoms with Crippen molar-refractivity contribution in [3.8, 4) is 0 Å². The second-order valence-corrected chi connectivity index (χ2v) is 11.1. The summed E-state index contributed by atoms with van der Waals surface area (Å²) in [5.41, 5.74) is 0. The van der Waals surface area contributed by atoms with Crippen molar-refractivity contribution in [1.29, 1.82) is 0 Å². The van der Waals surface area contributed by atoms with Gasteiger partial charge in [-0.3, -0.25) is 14.4 Å². The molecule has 8 heteroatoms. The van der Waals surface area contributed by atoms with E-state index in [0.717, 1.165) is 19.3 Å². The van der Waals surface area contributed by atoms with E-state index in [1.54, 1.807) is 16.7 Å². The Bertz CT molecular complexity index is 845. The third-order valence-corrected chi connectivity index (χ3v) is 9.51. The first kappa shape index (κ1) is 24.3. The van der Waals surface area contributed by atoms with Gasteiger partial charge in [-0.15, -0.1) is 11.8 Å². The molecule has 0 bridgehead atoms. The van der Waals surface area contributed by atoms with Crippen LogP contribution in [0.2, 0.25) is 0 Å². The fraction of sp³-hybridized carbons (Fsp3) is 0.720. The molecule has 0 saturated carbocycles. The number of esters is 1. The topological polar surface area (TPSA) is 87.2 Å². The van der Waals surface area contributed by atoms with Gasteiger partial charge in [-0.25, -0.2) is 0 Å². The van der Waals surface area contributed by atoms with Gasteiger partial charge in [0.2, 0.25) is 11.8 Å². The molecule has 2 fully saturated rings. The second-order valence-electron chi connectivity index (χ2n) is 9.65. The average molecular weight is 477 g/mol. The normalized spacial score (nSPS) is 35.3. The third-order valence-electron chi connectivity index (χ3n) is 7.77. The Kier molecular flexibility index (Phi) is 7.24. The number of aliphatic hydroxyl groups is 1. The number of carbonyl (C=O) groups excluding carboxylic acids is 3. The molecule has 0 aromatic rings. The van der Waals surface area contributed by atoms with Crippen molar-refractivity contribution >= 4 is 29.5 Å². The summed E-state index contributed by atoms with van der Waals surface area (Å²) in [7, 11) is 0. The maximum absolute atomic E-state index is 14.1. The Balaban J connectivity index is 1.84. The third kappa shape index (κ3) is 3.93. The monoisotopic (exact) mass is 476 g/mol. The highest BCUT2D eigenvalue weighted by atomic mass is 32.2. The number of likely N-dealkylation sites (tertiary alicyclic amines) is 1. The highest BCUT2D eigenvalue weighted by Gasteiger charge is 2.71. The number of fused-ring (bicyclic) bond motifs is 2. The number of thioether (sulfide) groups is 1. The van der Waals surface area contributed by atoms with E-state index in [9.17, 15) is 19.5 Å². The van der Waals surface area contributed by atoms with Crippen molar-refractivity contribution in [2.24, 2.45) is 17.8 Å². The van der Waals surface area contributed by atoms with E-state index >= 15 is 0 Å². The van der Waals surface area contributed by atoms with E-state index in [1.807, 2.05) is 43.1 Å². The van der Waals surface area contributed by atoms with E-state index in [2.05, 4.69) is 6.92 Å². The molecule has 0 aromatic carbocycles. The van der Waals surface area contributed by atoms with Gasteiger partial charge in [0.1, 0.15) is 6.04 Å².